The first-order valence-corrected chi connectivity index (χ1v) is 8.85. The predicted molar refractivity (Wildman–Crippen MR) is 85.9 cm³/mol. The molecule has 1 aliphatic carbocycles. The summed E-state index contributed by atoms with van der Waals surface area (Å²) in [6.45, 7) is 8.32. The van der Waals surface area contributed by atoms with Gasteiger partial charge in [-0.2, -0.15) is 0 Å². The van der Waals surface area contributed by atoms with Crippen molar-refractivity contribution in [3.63, 3.8) is 0 Å². The van der Waals surface area contributed by atoms with Crippen LogP contribution in [0.5, 0.6) is 0 Å². The van der Waals surface area contributed by atoms with Crippen molar-refractivity contribution in [1.82, 2.24) is 5.32 Å². The molecule has 1 atom stereocenters. The number of hydrogen-bond acceptors (Lipinski definition) is 3. The molecule has 0 amide bonds. The van der Waals surface area contributed by atoms with Crippen LogP contribution in [0, 0.1) is 12.8 Å². The standard InChI is InChI=1S/C15H24BrNOS/c1-4-17-13(14-6-10(3)15(16)19-14)9-11-7-12(8-11)18-5-2/h6,11-13,17H,4-5,7-9H2,1-3H3. The second kappa shape index (κ2) is 7.21. The number of hydrogen-bond donors (Lipinski definition) is 1. The first kappa shape index (κ1) is 15.5. The van der Waals surface area contributed by atoms with Gasteiger partial charge in [0.15, 0.2) is 0 Å². The van der Waals surface area contributed by atoms with Crippen LogP contribution in [0.15, 0.2) is 9.85 Å². The second-order valence-corrected chi connectivity index (χ2v) is 7.77. The number of thiophene rings is 1. The Morgan fingerprint density at radius 3 is 2.74 bits per heavy atom. The zero-order valence-corrected chi connectivity index (χ0v) is 14.4. The number of halogens is 1. The summed E-state index contributed by atoms with van der Waals surface area (Å²) in [6.07, 6.45) is 4.24. The first-order chi connectivity index (χ1) is 9.13. The SMILES string of the molecule is CCNC(CC1CC(OCC)C1)c1cc(C)c(Br)s1. The van der Waals surface area contributed by atoms with Gasteiger partial charge in [0.1, 0.15) is 0 Å². The second-order valence-electron chi connectivity index (χ2n) is 5.37. The molecule has 19 heavy (non-hydrogen) atoms. The molecule has 108 valence electrons. The summed E-state index contributed by atoms with van der Waals surface area (Å²) in [5, 5.41) is 3.63. The van der Waals surface area contributed by atoms with Crippen LogP contribution in [0.3, 0.4) is 0 Å². The highest BCUT2D eigenvalue weighted by Crippen LogP contribution is 2.40. The van der Waals surface area contributed by atoms with Crippen LogP contribution in [0.1, 0.15) is 49.6 Å². The predicted octanol–water partition coefficient (Wildman–Crippen LogP) is 4.67. The fourth-order valence-corrected chi connectivity index (χ4v) is 4.43. The lowest BCUT2D eigenvalue weighted by Gasteiger charge is -2.37. The summed E-state index contributed by atoms with van der Waals surface area (Å²) in [5.41, 5.74) is 1.35. The first-order valence-electron chi connectivity index (χ1n) is 7.24. The summed E-state index contributed by atoms with van der Waals surface area (Å²) >= 11 is 5.51. The van der Waals surface area contributed by atoms with Crippen molar-refractivity contribution in [1.29, 1.82) is 0 Å². The van der Waals surface area contributed by atoms with Crippen molar-refractivity contribution >= 4 is 27.3 Å². The van der Waals surface area contributed by atoms with Crippen LogP contribution < -0.4 is 5.32 Å². The van der Waals surface area contributed by atoms with E-state index in [1.807, 2.05) is 11.3 Å². The van der Waals surface area contributed by atoms with E-state index in [1.54, 1.807) is 0 Å². The Balaban J connectivity index is 1.90. The fraction of sp³-hybridized carbons (Fsp3) is 0.733. The van der Waals surface area contributed by atoms with E-state index in [1.165, 1.54) is 33.5 Å². The van der Waals surface area contributed by atoms with Crippen LogP contribution >= 0.6 is 27.3 Å². The minimum absolute atomic E-state index is 0.507. The molecule has 0 bridgehead atoms. The number of ether oxygens (including phenoxy) is 1. The van der Waals surface area contributed by atoms with Gasteiger partial charge in [0, 0.05) is 17.5 Å². The lowest BCUT2D eigenvalue weighted by atomic mass is 9.78. The summed E-state index contributed by atoms with van der Waals surface area (Å²) in [4.78, 5) is 1.46. The van der Waals surface area contributed by atoms with Gasteiger partial charge in [-0.3, -0.25) is 0 Å². The van der Waals surface area contributed by atoms with Gasteiger partial charge in [0.05, 0.1) is 9.89 Å². The summed E-state index contributed by atoms with van der Waals surface area (Å²) < 4.78 is 6.92. The number of rotatable bonds is 7. The molecule has 1 unspecified atom stereocenters. The number of aryl methyl sites for hydroxylation is 1. The summed E-state index contributed by atoms with van der Waals surface area (Å²) in [7, 11) is 0. The maximum Gasteiger partial charge on any atom is 0.0731 e. The molecule has 1 aromatic rings. The van der Waals surface area contributed by atoms with Crippen LogP contribution in [0.4, 0.5) is 0 Å². The fourth-order valence-electron chi connectivity index (χ4n) is 2.77. The highest BCUT2D eigenvalue weighted by molar-refractivity contribution is 9.11. The van der Waals surface area contributed by atoms with E-state index >= 15 is 0 Å². The number of nitrogens with one attached hydrogen (secondary N) is 1. The molecule has 2 rings (SSSR count). The van der Waals surface area contributed by atoms with Crippen molar-refractivity contribution in [2.45, 2.75) is 52.2 Å². The van der Waals surface area contributed by atoms with E-state index in [9.17, 15) is 0 Å². The van der Waals surface area contributed by atoms with Crippen LogP contribution in [-0.4, -0.2) is 19.3 Å². The van der Waals surface area contributed by atoms with Gasteiger partial charge in [-0.1, -0.05) is 6.92 Å². The van der Waals surface area contributed by atoms with Crippen LogP contribution in [0.2, 0.25) is 0 Å². The topological polar surface area (TPSA) is 21.3 Å². The minimum atomic E-state index is 0.507. The molecule has 1 N–H and O–H groups in total. The van der Waals surface area contributed by atoms with Crippen LogP contribution in [0.25, 0.3) is 0 Å². The Kier molecular flexibility index (Phi) is 5.87. The molecular weight excluding hydrogens is 322 g/mol. The molecule has 1 aliphatic rings. The summed E-state index contributed by atoms with van der Waals surface area (Å²) in [5.74, 6) is 0.821. The van der Waals surface area contributed by atoms with Crippen molar-refractivity contribution in [2.24, 2.45) is 5.92 Å². The highest BCUT2D eigenvalue weighted by atomic mass is 79.9. The zero-order valence-electron chi connectivity index (χ0n) is 12.0. The molecule has 0 radical (unpaired) electrons. The quantitative estimate of drug-likeness (QED) is 0.774. The Hall–Kier alpha value is 0.1000. The van der Waals surface area contributed by atoms with Gasteiger partial charge in [-0.05, 0) is 73.1 Å². The molecule has 0 saturated heterocycles. The highest BCUT2D eigenvalue weighted by Gasteiger charge is 2.32. The molecule has 1 aromatic heterocycles. The van der Waals surface area contributed by atoms with E-state index in [-0.39, 0.29) is 0 Å². The molecule has 2 nitrogen and oxygen atoms in total. The van der Waals surface area contributed by atoms with E-state index in [0.29, 0.717) is 12.1 Å². The molecule has 1 saturated carbocycles. The van der Waals surface area contributed by atoms with E-state index < -0.39 is 0 Å². The lowest BCUT2D eigenvalue weighted by Crippen LogP contribution is -2.34. The van der Waals surface area contributed by atoms with Crippen molar-refractivity contribution < 1.29 is 4.74 Å². The van der Waals surface area contributed by atoms with Gasteiger partial charge in [0.25, 0.3) is 0 Å². The molecular formula is C15H24BrNOS. The molecule has 4 heteroatoms. The molecule has 1 fully saturated rings. The van der Waals surface area contributed by atoms with Crippen molar-refractivity contribution in [3.8, 4) is 0 Å². The van der Waals surface area contributed by atoms with Crippen LogP contribution in [-0.2, 0) is 4.74 Å². The molecule has 0 aliphatic heterocycles. The normalized spacial score (nSPS) is 24.2. The largest absolute Gasteiger partial charge is 0.378 e. The molecule has 0 spiro atoms. The monoisotopic (exact) mass is 345 g/mol. The molecule has 0 aromatic carbocycles. The average molecular weight is 346 g/mol. The third-order valence-electron chi connectivity index (χ3n) is 3.83. The molecule has 1 heterocycles. The summed E-state index contributed by atoms with van der Waals surface area (Å²) in [6, 6.07) is 2.83. The van der Waals surface area contributed by atoms with Crippen molar-refractivity contribution in [2.75, 3.05) is 13.2 Å². The Morgan fingerprint density at radius 1 is 1.47 bits per heavy atom. The minimum Gasteiger partial charge on any atom is -0.378 e. The van der Waals surface area contributed by atoms with E-state index in [4.69, 9.17) is 4.74 Å². The third-order valence-corrected chi connectivity index (χ3v) is 6.08. The average Bonchev–Trinajstić information content (AvgIpc) is 2.66. The maximum atomic E-state index is 5.65. The zero-order chi connectivity index (χ0) is 13.8. The Bertz CT molecular complexity index is 381. The van der Waals surface area contributed by atoms with Crippen molar-refractivity contribution in [3.05, 3.63) is 20.3 Å². The Labute approximate surface area is 129 Å². The Morgan fingerprint density at radius 2 is 2.21 bits per heavy atom. The maximum absolute atomic E-state index is 5.65. The van der Waals surface area contributed by atoms with Gasteiger partial charge in [-0.15, -0.1) is 11.3 Å². The third kappa shape index (κ3) is 4.03. The van der Waals surface area contributed by atoms with E-state index in [0.717, 1.165) is 19.1 Å². The van der Waals surface area contributed by atoms with Gasteiger partial charge in [-0.25, -0.2) is 0 Å². The van der Waals surface area contributed by atoms with Gasteiger partial charge < -0.3 is 10.1 Å². The van der Waals surface area contributed by atoms with E-state index in [2.05, 4.69) is 48.1 Å². The lowest BCUT2D eigenvalue weighted by molar-refractivity contribution is -0.0290. The van der Waals surface area contributed by atoms with Gasteiger partial charge in [0.2, 0.25) is 0 Å². The van der Waals surface area contributed by atoms with Gasteiger partial charge >= 0.3 is 0 Å². The smallest absolute Gasteiger partial charge is 0.0731 e.